The third kappa shape index (κ3) is 2.83. The molecule has 1 aromatic carbocycles. The van der Waals surface area contributed by atoms with Gasteiger partial charge in [-0.15, -0.1) is 0 Å². The predicted molar refractivity (Wildman–Crippen MR) is 87.5 cm³/mol. The molecule has 0 aliphatic rings. The van der Waals surface area contributed by atoms with Crippen molar-refractivity contribution in [3.05, 3.63) is 48.2 Å². The quantitative estimate of drug-likeness (QED) is 0.724. The van der Waals surface area contributed by atoms with Crippen LogP contribution in [0.2, 0.25) is 0 Å². The second kappa shape index (κ2) is 6.00. The number of aryl methyl sites for hydroxylation is 1. The fraction of sp³-hybridized carbons (Fsp3) is 0.176. The van der Waals surface area contributed by atoms with Crippen LogP contribution in [0.3, 0.4) is 0 Å². The van der Waals surface area contributed by atoms with Gasteiger partial charge in [-0.2, -0.15) is 0 Å². The molecule has 0 amide bonds. The summed E-state index contributed by atoms with van der Waals surface area (Å²) in [6.45, 7) is 1.99. The van der Waals surface area contributed by atoms with Gasteiger partial charge in [0.15, 0.2) is 0 Å². The number of carbonyl (C=O) groups is 1. The Bertz CT molecular complexity index is 871. The number of fused-ring (bicyclic) bond motifs is 1. The molecule has 23 heavy (non-hydrogen) atoms. The number of para-hydroxylation sites is 1. The minimum Gasteiger partial charge on any atom is -0.507 e. The van der Waals surface area contributed by atoms with Crippen LogP contribution >= 0.6 is 0 Å². The minimum absolute atomic E-state index is 0.0127. The van der Waals surface area contributed by atoms with E-state index in [1.54, 1.807) is 18.2 Å². The number of carbonyl (C=O) groups excluding carboxylic acids is 1. The zero-order valence-corrected chi connectivity index (χ0v) is 12.9. The van der Waals surface area contributed by atoms with Gasteiger partial charge in [0.05, 0.1) is 7.11 Å². The van der Waals surface area contributed by atoms with E-state index in [2.05, 4.69) is 15.0 Å². The summed E-state index contributed by atoms with van der Waals surface area (Å²) in [7, 11) is 1.34. The van der Waals surface area contributed by atoms with E-state index < -0.39 is 0 Å². The maximum Gasteiger partial charge on any atom is 0.325 e. The molecule has 118 valence electrons. The number of methoxy groups -OCH3 is 1. The molecule has 3 rings (SSSR count). The van der Waals surface area contributed by atoms with Crippen molar-refractivity contribution < 1.29 is 14.6 Å². The number of nitrogens with zero attached hydrogens (tertiary/aromatic N) is 2. The first kappa shape index (κ1) is 14.9. The Kier molecular flexibility index (Phi) is 3.89. The molecule has 0 bridgehead atoms. The molecule has 2 heterocycles. The number of aromatic nitrogens is 2. The number of phenolic OH excluding ortho intramolecular Hbond substituents is 1. The highest BCUT2D eigenvalue weighted by atomic mass is 16.5. The van der Waals surface area contributed by atoms with Crippen molar-refractivity contribution in [3.63, 3.8) is 0 Å². The minimum atomic E-state index is -0.379. The second-order valence-electron chi connectivity index (χ2n) is 5.19. The van der Waals surface area contributed by atoms with Gasteiger partial charge in [0, 0.05) is 11.8 Å². The lowest BCUT2D eigenvalue weighted by atomic mass is 10.1. The number of imidazole rings is 1. The van der Waals surface area contributed by atoms with Crippen LogP contribution in [0.4, 0.5) is 5.82 Å². The number of rotatable bonds is 4. The van der Waals surface area contributed by atoms with Crippen molar-refractivity contribution in [1.29, 1.82) is 0 Å². The molecule has 0 aliphatic heterocycles. The SMILES string of the molecule is COC(=O)CNc1c(-c2ccccc2O)nc2cc(C)ccn12. The van der Waals surface area contributed by atoms with Crippen molar-refractivity contribution in [2.24, 2.45) is 0 Å². The first-order valence-corrected chi connectivity index (χ1v) is 7.18. The number of hydrogen-bond acceptors (Lipinski definition) is 5. The topological polar surface area (TPSA) is 75.9 Å². The molecule has 0 unspecified atom stereocenters. The molecule has 0 fully saturated rings. The van der Waals surface area contributed by atoms with Gasteiger partial charge in [0.2, 0.25) is 0 Å². The number of ether oxygens (including phenoxy) is 1. The molecule has 0 saturated heterocycles. The fourth-order valence-corrected chi connectivity index (χ4v) is 2.41. The van der Waals surface area contributed by atoms with Gasteiger partial charge in [-0.25, -0.2) is 4.98 Å². The lowest BCUT2D eigenvalue weighted by Gasteiger charge is -2.08. The fourth-order valence-electron chi connectivity index (χ4n) is 2.41. The third-order valence-corrected chi connectivity index (χ3v) is 3.57. The van der Waals surface area contributed by atoms with Crippen LogP contribution < -0.4 is 5.32 Å². The Labute approximate surface area is 133 Å². The van der Waals surface area contributed by atoms with E-state index in [1.165, 1.54) is 7.11 Å². The number of phenols is 1. The molecule has 0 spiro atoms. The van der Waals surface area contributed by atoms with Gasteiger partial charge in [0.1, 0.15) is 29.5 Å². The summed E-state index contributed by atoms with van der Waals surface area (Å²) in [5, 5.41) is 13.2. The van der Waals surface area contributed by atoms with Crippen LogP contribution in [-0.2, 0) is 9.53 Å². The largest absolute Gasteiger partial charge is 0.507 e. The van der Waals surface area contributed by atoms with Crippen molar-refractivity contribution in [3.8, 4) is 17.0 Å². The van der Waals surface area contributed by atoms with Crippen molar-refractivity contribution in [2.45, 2.75) is 6.92 Å². The highest BCUT2D eigenvalue weighted by Gasteiger charge is 2.17. The summed E-state index contributed by atoms with van der Waals surface area (Å²) in [6, 6.07) is 10.9. The van der Waals surface area contributed by atoms with E-state index in [9.17, 15) is 9.90 Å². The summed E-state index contributed by atoms with van der Waals surface area (Å²) in [5.74, 6) is 0.385. The Hall–Kier alpha value is -3.02. The van der Waals surface area contributed by atoms with Crippen LogP contribution in [0.1, 0.15) is 5.56 Å². The van der Waals surface area contributed by atoms with Gasteiger partial charge in [0.25, 0.3) is 0 Å². The Balaban J connectivity index is 2.15. The number of aromatic hydroxyl groups is 1. The first-order chi connectivity index (χ1) is 11.1. The van der Waals surface area contributed by atoms with E-state index in [-0.39, 0.29) is 18.3 Å². The molecule has 2 N–H and O–H groups in total. The predicted octanol–water partition coefficient (Wildman–Crippen LogP) is 2.60. The van der Waals surface area contributed by atoms with Crippen LogP contribution in [-0.4, -0.2) is 34.1 Å². The number of hydrogen-bond donors (Lipinski definition) is 2. The molecule has 6 nitrogen and oxygen atoms in total. The first-order valence-electron chi connectivity index (χ1n) is 7.18. The van der Waals surface area contributed by atoms with Gasteiger partial charge < -0.3 is 15.2 Å². The Morgan fingerprint density at radius 2 is 2.13 bits per heavy atom. The van der Waals surface area contributed by atoms with Crippen molar-refractivity contribution >= 4 is 17.4 Å². The lowest BCUT2D eigenvalue weighted by molar-refractivity contribution is -0.138. The number of anilines is 1. The zero-order valence-electron chi connectivity index (χ0n) is 12.9. The Morgan fingerprint density at radius 1 is 1.35 bits per heavy atom. The van der Waals surface area contributed by atoms with Crippen LogP contribution in [0.5, 0.6) is 5.75 Å². The summed E-state index contributed by atoms with van der Waals surface area (Å²) < 4.78 is 6.51. The smallest absolute Gasteiger partial charge is 0.325 e. The lowest BCUT2D eigenvalue weighted by Crippen LogP contribution is -2.16. The summed E-state index contributed by atoms with van der Waals surface area (Å²) >= 11 is 0. The zero-order chi connectivity index (χ0) is 16.4. The number of benzene rings is 1. The average Bonchev–Trinajstić information content (AvgIpc) is 2.90. The molecule has 2 aromatic heterocycles. The number of nitrogens with one attached hydrogen (secondary N) is 1. The molecule has 0 saturated carbocycles. The van der Waals surface area contributed by atoms with E-state index in [0.29, 0.717) is 17.1 Å². The monoisotopic (exact) mass is 311 g/mol. The molecule has 3 aromatic rings. The standard InChI is InChI=1S/C17H17N3O3/c1-11-7-8-20-14(9-11)19-16(12-5-3-4-6-13(12)21)17(20)18-10-15(22)23-2/h3-9,18,21H,10H2,1-2H3. The number of esters is 1. The van der Waals surface area contributed by atoms with Crippen LogP contribution in [0.15, 0.2) is 42.6 Å². The average molecular weight is 311 g/mol. The van der Waals surface area contributed by atoms with E-state index in [4.69, 9.17) is 0 Å². The van der Waals surface area contributed by atoms with Gasteiger partial charge in [-0.05, 0) is 36.8 Å². The van der Waals surface area contributed by atoms with Gasteiger partial charge in [-0.1, -0.05) is 12.1 Å². The molecule has 0 atom stereocenters. The molecular weight excluding hydrogens is 294 g/mol. The molecule has 0 aliphatic carbocycles. The van der Waals surface area contributed by atoms with Gasteiger partial charge >= 0.3 is 5.97 Å². The Morgan fingerprint density at radius 3 is 2.87 bits per heavy atom. The maximum atomic E-state index is 11.4. The summed E-state index contributed by atoms with van der Waals surface area (Å²) in [4.78, 5) is 16.0. The highest BCUT2D eigenvalue weighted by Crippen LogP contribution is 2.34. The summed E-state index contributed by atoms with van der Waals surface area (Å²) in [6.07, 6.45) is 1.88. The molecule has 6 heteroatoms. The van der Waals surface area contributed by atoms with Crippen molar-refractivity contribution in [1.82, 2.24) is 9.38 Å². The van der Waals surface area contributed by atoms with Crippen LogP contribution in [0, 0.1) is 6.92 Å². The van der Waals surface area contributed by atoms with E-state index in [0.717, 1.165) is 11.2 Å². The second-order valence-corrected chi connectivity index (χ2v) is 5.19. The maximum absolute atomic E-state index is 11.4. The highest BCUT2D eigenvalue weighted by molar-refractivity contribution is 5.83. The summed E-state index contributed by atoms with van der Waals surface area (Å²) in [5.41, 5.74) is 2.99. The third-order valence-electron chi connectivity index (χ3n) is 3.57. The molecule has 0 radical (unpaired) electrons. The molecular formula is C17H17N3O3. The van der Waals surface area contributed by atoms with Gasteiger partial charge in [-0.3, -0.25) is 9.20 Å². The van der Waals surface area contributed by atoms with Crippen LogP contribution in [0.25, 0.3) is 16.9 Å². The normalized spacial score (nSPS) is 10.7. The van der Waals surface area contributed by atoms with Crippen molar-refractivity contribution in [2.75, 3.05) is 19.0 Å². The van der Waals surface area contributed by atoms with E-state index in [1.807, 2.05) is 35.7 Å². The number of pyridine rings is 1. The van der Waals surface area contributed by atoms with E-state index >= 15 is 0 Å².